The van der Waals surface area contributed by atoms with E-state index in [0.29, 0.717) is 18.3 Å². The lowest BCUT2D eigenvalue weighted by Gasteiger charge is -2.59. The van der Waals surface area contributed by atoms with Crippen LogP contribution in [0.1, 0.15) is 65.7 Å². The quantitative estimate of drug-likeness (QED) is 0.736. The highest BCUT2D eigenvalue weighted by atomic mass is 16.3. The number of hydrogen-bond acceptors (Lipinski definition) is 2. The summed E-state index contributed by atoms with van der Waals surface area (Å²) in [6.45, 7) is 15.0. The lowest BCUT2D eigenvalue weighted by Crippen LogP contribution is -2.55. The van der Waals surface area contributed by atoms with Gasteiger partial charge in [-0.05, 0) is 61.2 Å². The topological polar surface area (TPSA) is 40.5 Å². The number of aliphatic hydroxyl groups excluding tert-OH is 2. The van der Waals surface area contributed by atoms with Gasteiger partial charge in [0.25, 0.3) is 0 Å². The molecule has 2 heteroatoms. The first-order chi connectivity index (χ1) is 10.2. The lowest BCUT2D eigenvalue weighted by molar-refractivity contribution is -0.122. The average Bonchev–Trinajstić information content (AvgIpc) is 2.36. The van der Waals surface area contributed by atoms with E-state index < -0.39 is 0 Å². The van der Waals surface area contributed by atoms with Crippen molar-refractivity contribution < 1.29 is 10.2 Å². The van der Waals surface area contributed by atoms with Gasteiger partial charge < -0.3 is 10.2 Å². The minimum atomic E-state index is -0.296. The van der Waals surface area contributed by atoms with Crippen molar-refractivity contribution in [2.75, 3.05) is 0 Å². The average molecular weight is 306 g/mol. The Hall–Kier alpha value is -0.600. The summed E-state index contributed by atoms with van der Waals surface area (Å²) in [6, 6.07) is 0. The molecular weight excluding hydrogens is 272 g/mol. The maximum Gasteiger partial charge on any atom is 0.0615 e. The van der Waals surface area contributed by atoms with Crippen molar-refractivity contribution in [3.05, 3.63) is 24.8 Å². The summed E-state index contributed by atoms with van der Waals surface area (Å²) in [7, 11) is 0. The lowest BCUT2D eigenvalue weighted by atomic mass is 9.46. The molecule has 2 aliphatic carbocycles. The van der Waals surface area contributed by atoms with Gasteiger partial charge in [-0.2, -0.15) is 0 Å². The molecule has 5 atom stereocenters. The Bertz CT molecular complexity index is 425. The van der Waals surface area contributed by atoms with Gasteiger partial charge in [0.05, 0.1) is 12.2 Å². The maximum absolute atomic E-state index is 10.7. The Kier molecular flexibility index (Phi) is 5.23. The molecule has 0 aromatic carbocycles. The molecule has 2 fully saturated rings. The Balaban J connectivity index is 2.20. The number of fused-ring (bicyclic) bond motifs is 1. The predicted molar refractivity (Wildman–Crippen MR) is 92.5 cm³/mol. The van der Waals surface area contributed by atoms with Gasteiger partial charge in [-0.1, -0.05) is 45.4 Å². The SMILES string of the molecule is C=CC[C@@H](O)CC[C@H]1C(=C)C[C@H](O)[C@H]2C(C)(C)CCC[C@]12C. The van der Waals surface area contributed by atoms with Gasteiger partial charge in [-0.3, -0.25) is 0 Å². The van der Waals surface area contributed by atoms with E-state index in [4.69, 9.17) is 0 Å². The molecule has 22 heavy (non-hydrogen) atoms. The molecule has 2 nitrogen and oxygen atoms in total. The van der Waals surface area contributed by atoms with Crippen molar-refractivity contribution >= 4 is 0 Å². The van der Waals surface area contributed by atoms with Crippen LogP contribution in [0.2, 0.25) is 0 Å². The molecule has 0 unspecified atom stereocenters. The van der Waals surface area contributed by atoms with E-state index in [-0.39, 0.29) is 23.0 Å². The summed E-state index contributed by atoms with van der Waals surface area (Å²) in [5.41, 5.74) is 1.49. The molecule has 0 saturated heterocycles. The minimum absolute atomic E-state index is 0.115. The first kappa shape index (κ1) is 17.7. The number of hydrogen-bond donors (Lipinski definition) is 2. The van der Waals surface area contributed by atoms with Gasteiger partial charge in [0.15, 0.2) is 0 Å². The van der Waals surface area contributed by atoms with Crippen LogP contribution >= 0.6 is 0 Å². The molecular formula is C20H34O2. The van der Waals surface area contributed by atoms with Gasteiger partial charge in [-0.15, -0.1) is 6.58 Å². The molecule has 0 aromatic heterocycles. The second kappa shape index (κ2) is 6.49. The fourth-order valence-electron chi connectivity index (χ4n) is 5.68. The van der Waals surface area contributed by atoms with Crippen LogP contribution in [0.25, 0.3) is 0 Å². The molecule has 0 amide bonds. The van der Waals surface area contributed by atoms with E-state index in [9.17, 15) is 10.2 Å². The van der Waals surface area contributed by atoms with E-state index in [1.54, 1.807) is 6.08 Å². The van der Waals surface area contributed by atoms with Crippen molar-refractivity contribution in [3.8, 4) is 0 Å². The molecule has 0 spiro atoms. The molecule has 126 valence electrons. The summed E-state index contributed by atoms with van der Waals surface area (Å²) in [4.78, 5) is 0. The van der Waals surface area contributed by atoms with E-state index in [1.807, 2.05) is 0 Å². The number of aliphatic hydroxyl groups is 2. The Labute approximate surface area is 136 Å². The summed E-state index contributed by atoms with van der Waals surface area (Å²) in [6.07, 6.45) is 7.99. The highest BCUT2D eigenvalue weighted by Crippen LogP contribution is 2.61. The summed E-state index contributed by atoms with van der Waals surface area (Å²) < 4.78 is 0. The van der Waals surface area contributed by atoms with Crippen LogP contribution in [-0.2, 0) is 0 Å². The summed E-state index contributed by atoms with van der Waals surface area (Å²) in [5.74, 6) is 0.751. The standard InChI is InChI=1S/C20H34O2/c1-6-8-15(21)9-10-16-14(2)13-17(22)18-19(3,4)11-7-12-20(16,18)5/h6,15-18,21-22H,1-2,7-13H2,3-5H3/t15-,16+,17+,18+,20-/m1/s1. The zero-order valence-electron chi connectivity index (χ0n) is 14.6. The molecule has 0 radical (unpaired) electrons. The van der Waals surface area contributed by atoms with Crippen LogP contribution in [0.15, 0.2) is 24.8 Å². The van der Waals surface area contributed by atoms with Crippen molar-refractivity contribution in [2.45, 2.75) is 77.9 Å². The van der Waals surface area contributed by atoms with Crippen molar-refractivity contribution in [1.29, 1.82) is 0 Å². The summed E-state index contributed by atoms with van der Waals surface area (Å²) in [5, 5.41) is 20.8. The van der Waals surface area contributed by atoms with Crippen molar-refractivity contribution in [3.63, 3.8) is 0 Å². The van der Waals surface area contributed by atoms with Gasteiger partial charge in [-0.25, -0.2) is 0 Å². The molecule has 2 saturated carbocycles. The molecule has 0 aromatic rings. The second-order valence-corrected chi connectivity index (χ2v) is 8.56. The Morgan fingerprint density at radius 1 is 1.32 bits per heavy atom. The number of rotatable bonds is 5. The fraction of sp³-hybridized carbons (Fsp3) is 0.800. The van der Waals surface area contributed by atoms with E-state index in [1.165, 1.54) is 24.8 Å². The van der Waals surface area contributed by atoms with Crippen molar-refractivity contribution in [2.24, 2.45) is 22.7 Å². The smallest absolute Gasteiger partial charge is 0.0615 e. The van der Waals surface area contributed by atoms with Crippen LogP contribution in [-0.4, -0.2) is 22.4 Å². The zero-order valence-corrected chi connectivity index (χ0v) is 14.6. The third-order valence-corrected chi connectivity index (χ3v) is 6.46. The monoisotopic (exact) mass is 306 g/mol. The van der Waals surface area contributed by atoms with E-state index >= 15 is 0 Å². The third-order valence-electron chi connectivity index (χ3n) is 6.46. The Morgan fingerprint density at radius 3 is 2.64 bits per heavy atom. The first-order valence-electron chi connectivity index (χ1n) is 8.87. The van der Waals surface area contributed by atoms with Gasteiger partial charge >= 0.3 is 0 Å². The molecule has 2 aliphatic rings. The fourth-order valence-corrected chi connectivity index (χ4v) is 5.68. The highest BCUT2D eigenvalue weighted by molar-refractivity contribution is 5.18. The normalized spacial score (nSPS) is 39.1. The summed E-state index contributed by atoms with van der Waals surface area (Å²) >= 11 is 0. The molecule has 0 bridgehead atoms. The van der Waals surface area contributed by atoms with Crippen LogP contribution in [0.5, 0.6) is 0 Å². The van der Waals surface area contributed by atoms with Gasteiger partial charge in [0.2, 0.25) is 0 Å². The second-order valence-electron chi connectivity index (χ2n) is 8.56. The molecule has 2 N–H and O–H groups in total. The van der Waals surface area contributed by atoms with Crippen LogP contribution < -0.4 is 0 Å². The van der Waals surface area contributed by atoms with E-state index in [0.717, 1.165) is 19.3 Å². The predicted octanol–water partition coefficient (Wildman–Crippen LogP) is 4.47. The minimum Gasteiger partial charge on any atom is -0.393 e. The first-order valence-corrected chi connectivity index (χ1v) is 8.87. The van der Waals surface area contributed by atoms with Crippen molar-refractivity contribution in [1.82, 2.24) is 0 Å². The molecule has 2 rings (SSSR count). The zero-order chi connectivity index (χ0) is 16.5. The highest BCUT2D eigenvalue weighted by Gasteiger charge is 2.56. The molecule has 0 aliphatic heterocycles. The van der Waals surface area contributed by atoms with Crippen LogP contribution in [0, 0.1) is 22.7 Å². The molecule has 0 heterocycles. The van der Waals surface area contributed by atoms with Gasteiger partial charge in [0, 0.05) is 0 Å². The van der Waals surface area contributed by atoms with Crippen LogP contribution in [0.3, 0.4) is 0 Å². The van der Waals surface area contributed by atoms with Gasteiger partial charge in [0.1, 0.15) is 0 Å². The third kappa shape index (κ3) is 3.19. The Morgan fingerprint density at radius 2 is 2.00 bits per heavy atom. The maximum atomic E-state index is 10.7. The van der Waals surface area contributed by atoms with E-state index in [2.05, 4.69) is 33.9 Å². The largest absolute Gasteiger partial charge is 0.393 e. The van der Waals surface area contributed by atoms with Crippen LogP contribution in [0.4, 0.5) is 0 Å².